The fraction of sp³-hybridized carbons (Fsp3) is 0.857. The first-order valence-corrected chi connectivity index (χ1v) is 9.23. The van der Waals surface area contributed by atoms with Crippen LogP contribution in [0.15, 0.2) is 0 Å². The van der Waals surface area contributed by atoms with Gasteiger partial charge < -0.3 is 10.0 Å². The number of nitrogens with zero attached hydrogens (tertiary/aromatic N) is 1. The van der Waals surface area contributed by atoms with Gasteiger partial charge in [-0.3, -0.25) is 9.59 Å². The van der Waals surface area contributed by atoms with E-state index < -0.39 is 21.2 Å². The second-order valence-electron chi connectivity index (χ2n) is 6.52. The molecule has 6 nitrogen and oxygen atoms in total. The van der Waals surface area contributed by atoms with Crippen molar-refractivity contribution in [3.63, 3.8) is 0 Å². The van der Waals surface area contributed by atoms with Crippen LogP contribution in [-0.4, -0.2) is 54.9 Å². The van der Waals surface area contributed by atoms with Crippen LogP contribution in [0.2, 0.25) is 0 Å². The van der Waals surface area contributed by atoms with Crippen LogP contribution in [0.4, 0.5) is 0 Å². The van der Waals surface area contributed by atoms with Gasteiger partial charge in [0.05, 0.1) is 17.9 Å². The molecule has 1 saturated carbocycles. The lowest BCUT2D eigenvalue weighted by Crippen LogP contribution is -2.40. The van der Waals surface area contributed by atoms with Crippen molar-refractivity contribution in [1.29, 1.82) is 0 Å². The van der Waals surface area contributed by atoms with E-state index in [4.69, 9.17) is 5.11 Å². The molecule has 21 heavy (non-hydrogen) atoms. The molecule has 1 N–H and O–H groups in total. The van der Waals surface area contributed by atoms with Gasteiger partial charge in [-0.25, -0.2) is 8.42 Å². The zero-order valence-corrected chi connectivity index (χ0v) is 13.2. The van der Waals surface area contributed by atoms with Crippen LogP contribution in [0.1, 0.15) is 44.9 Å². The van der Waals surface area contributed by atoms with E-state index in [0.29, 0.717) is 6.42 Å². The third kappa shape index (κ3) is 3.96. The molecule has 0 aromatic rings. The van der Waals surface area contributed by atoms with E-state index >= 15 is 0 Å². The number of sulfone groups is 1. The molecule has 1 aliphatic heterocycles. The first kappa shape index (κ1) is 16.3. The van der Waals surface area contributed by atoms with Gasteiger partial charge >= 0.3 is 5.97 Å². The first-order valence-electron chi connectivity index (χ1n) is 7.41. The minimum Gasteiger partial charge on any atom is -0.481 e. The summed E-state index contributed by atoms with van der Waals surface area (Å²) in [6, 6.07) is -0.259. The molecule has 7 heteroatoms. The van der Waals surface area contributed by atoms with E-state index in [1.807, 2.05) is 0 Å². The van der Waals surface area contributed by atoms with Crippen LogP contribution in [0, 0.1) is 5.41 Å². The highest BCUT2D eigenvalue weighted by atomic mass is 32.2. The lowest BCUT2D eigenvalue weighted by atomic mass is 9.79. The maximum Gasteiger partial charge on any atom is 0.303 e. The Hall–Kier alpha value is -1.11. The van der Waals surface area contributed by atoms with E-state index in [9.17, 15) is 18.0 Å². The van der Waals surface area contributed by atoms with Gasteiger partial charge in [0.1, 0.15) is 0 Å². The number of carboxylic acid groups (broad SMARTS) is 1. The molecular formula is C14H23NO5S. The number of hydrogen-bond acceptors (Lipinski definition) is 4. The zero-order valence-electron chi connectivity index (χ0n) is 12.4. The Labute approximate surface area is 125 Å². The van der Waals surface area contributed by atoms with Crippen molar-refractivity contribution in [3.8, 4) is 0 Å². The number of rotatable bonds is 5. The van der Waals surface area contributed by atoms with Crippen LogP contribution >= 0.6 is 0 Å². The van der Waals surface area contributed by atoms with Crippen LogP contribution < -0.4 is 0 Å². The molecule has 0 aromatic heterocycles. The number of carbonyl (C=O) groups excluding carboxylic acids is 1. The van der Waals surface area contributed by atoms with Gasteiger partial charge in [-0.15, -0.1) is 0 Å². The van der Waals surface area contributed by atoms with E-state index in [1.165, 1.54) is 4.90 Å². The molecule has 2 aliphatic rings. The molecule has 0 radical (unpaired) electrons. The van der Waals surface area contributed by atoms with Gasteiger partial charge in [-0.2, -0.15) is 0 Å². The van der Waals surface area contributed by atoms with E-state index in [2.05, 4.69) is 0 Å². The summed E-state index contributed by atoms with van der Waals surface area (Å²) in [5, 5.41) is 9.07. The summed E-state index contributed by atoms with van der Waals surface area (Å²) in [4.78, 5) is 25.0. The Morgan fingerprint density at radius 1 is 1.24 bits per heavy atom. The number of hydrogen-bond donors (Lipinski definition) is 1. The van der Waals surface area contributed by atoms with E-state index in [0.717, 1.165) is 25.7 Å². The Balaban J connectivity index is 2.00. The average Bonchev–Trinajstić information content (AvgIpc) is 2.94. The Morgan fingerprint density at radius 3 is 2.33 bits per heavy atom. The molecule has 0 spiro atoms. The van der Waals surface area contributed by atoms with E-state index in [1.54, 1.807) is 7.05 Å². The monoisotopic (exact) mass is 317 g/mol. The van der Waals surface area contributed by atoms with Crippen molar-refractivity contribution in [2.45, 2.75) is 51.0 Å². The van der Waals surface area contributed by atoms with Gasteiger partial charge in [0.2, 0.25) is 5.91 Å². The number of amides is 1. The van der Waals surface area contributed by atoms with E-state index in [-0.39, 0.29) is 36.3 Å². The van der Waals surface area contributed by atoms with Crippen LogP contribution in [0.5, 0.6) is 0 Å². The molecule has 1 saturated heterocycles. The molecule has 1 heterocycles. The van der Waals surface area contributed by atoms with Crippen LogP contribution in [-0.2, 0) is 19.4 Å². The van der Waals surface area contributed by atoms with Gasteiger partial charge in [-0.05, 0) is 24.7 Å². The predicted molar refractivity (Wildman–Crippen MR) is 77.6 cm³/mol. The SMILES string of the molecule is CN(C(=O)CC1(CC(=O)O)CCCC1)C1CCS(=O)(=O)C1. The molecule has 120 valence electrons. The summed E-state index contributed by atoms with van der Waals surface area (Å²) in [6.45, 7) is 0. The summed E-state index contributed by atoms with van der Waals surface area (Å²) in [5.41, 5.74) is -0.436. The molecular weight excluding hydrogens is 294 g/mol. The average molecular weight is 317 g/mol. The molecule has 1 atom stereocenters. The quantitative estimate of drug-likeness (QED) is 0.818. The fourth-order valence-electron chi connectivity index (χ4n) is 3.59. The summed E-state index contributed by atoms with van der Waals surface area (Å²) < 4.78 is 23.0. The molecule has 0 bridgehead atoms. The summed E-state index contributed by atoms with van der Waals surface area (Å²) in [7, 11) is -1.39. The molecule has 1 unspecified atom stereocenters. The lowest BCUT2D eigenvalue weighted by Gasteiger charge is -2.31. The van der Waals surface area contributed by atoms with Gasteiger partial charge in [-0.1, -0.05) is 12.8 Å². The summed E-state index contributed by atoms with van der Waals surface area (Å²) in [6.07, 6.45) is 4.17. The van der Waals surface area contributed by atoms with Crippen LogP contribution in [0.3, 0.4) is 0 Å². The first-order chi connectivity index (χ1) is 9.73. The number of carboxylic acids is 1. The minimum absolute atomic E-state index is 0.0234. The number of aliphatic carboxylic acids is 1. The van der Waals surface area contributed by atoms with Crippen molar-refractivity contribution < 1.29 is 23.1 Å². The second kappa shape index (κ2) is 5.94. The maximum atomic E-state index is 12.4. The molecule has 2 rings (SSSR count). The molecule has 0 aromatic carbocycles. The Morgan fingerprint density at radius 2 is 1.86 bits per heavy atom. The van der Waals surface area contributed by atoms with Gasteiger partial charge in [0.15, 0.2) is 9.84 Å². The van der Waals surface area contributed by atoms with Crippen molar-refractivity contribution in [2.24, 2.45) is 5.41 Å². The normalized spacial score (nSPS) is 26.6. The summed E-state index contributed by atoms with van der Waals surface area (Å²) in [5.74, 6) is -0.826. The lowest BCUT2D eigenvalue weighted by molar-refractivity contribution is -0.141. The van der Waals surface area contributed by atoms with Crippen molar-refractivity contribution >= 4 is 21.7 Å². The van der Waals surface area contributed by atoms with Crippen molar-refractivity contribution in [3.05, 3.63) is 0 Å². The maximum absolute atomic E-state index is 12.4. The highest BCUT2D eigenvalue weighted by Crippen LogP contribution is 2.44. The smallest absolute Gasteiger partial charge is 0.303 e. The highest BCUT2D eigenvalue weighted by molar-refractivity contribution is 7.91. The summed E-state index contributed by atoms with van der Waals surface area (Å²) >= 11 is 0. The largest absolute Gasteiger partial charge is 0.481 e. The van der Waals surface area contributed by atoms with Gasteiger partial charge in [0, 0.05) is 19.5 Å². The predicted octanol–water partition coefficient (Wildman–Crippen LogP) is 1.06. The fourth-order valence-corrected chi connectivity index (χ4v) is 5.37. The van der Waals surface area contributed by atoms with Crippen molar-refractivity contribution in [1.82, 2.24) is 4.90 Å². The van der Waals surface area contributed by atoms with Crippen molar-refractivity contribution in [2.75, 3.05) is 18.6 Å². The minimum atomic E-state index is -3.02. The molecule has 1 aliphatic carbocycles. The zero-order chi connectivity index (χ0) is 15.7. The number of carbonyl (C=O) groups is 2. The Kier molecular flexibility index (Phi) is 4.60. The third-order valence-corrected chi connectivity index (χ3v) is 6.62. The third-order valence-electron chi connectivity index (χ3n) is 4.87. The molecule has 1 amide bonds. The Bertz CT molecular complexity index is 521. The second-order valence-corrected chi connectivity index (χ2v) is 8.74. The molecule has 2 fully saturated rings. The highest BCUT2D eigenvalue weighted by Gasteiger charge is 2.40. The van der Waals surface area contributed by atoms with Gasteiger partial charge in [0.25, 0.3) is 0 Å². The van der Waals surface area contributed by atoms with Crippen LogP contribution in [0.25, 0.3) is 0 Å². The standard InChI is InChI=1S/C14H23NO5S/c1-15(11-4-7-21(19,20)10-11)12(16)8-14(9-13(17)18)5-2-3-6-14/h11H,2-10H2,1H3,(H,17,18). The topological polar surface area (TPSA) is 91.8 Å².